The Morgan fingerprint density at radius 3 is 2.35 bits per heavy atom. The first kappa shape index (κ1) is 18.4. The van der Waals surface area contributed by atoms with Crippen molar-refractivity contribution in [1.82, 2.24) is 9.80 Å². The molecule has 0 aromatic heterocycles. The Labute approximate surface area is 158 Å². The number of halogens is 1. The van der Waals surface area contributed by atoms with Crippen molar-refractivity contribution in [2.75, 3.05) is 38.0 Å². The zero-order chi connectivity index (χ0) is 18.5. The molecule has 0 atom stereocenters. The highest BCUT2D eigenvalue weighted by Crippen LogP contribution is 2.20. The van der Waals surface area contributed by atoms with Crippen molar-refractivity contribution >= 4 is 29.1 Å². The van der Waals surface area contributed by atoms with Crippen LogP contribution in [0, 0.1) is 6.92 Å². The molecule has 0 saturated carbocycles. The number of hydrogen-bond acceptors (Lipinski definition) is 3. The number of aryl methyl sites for hydroxylation is 1. The van der Waals surface area contributed by atoms with Crippen LogP contribution in [0.15, 0.2) is 48.5 Å². The Morgan fingerprint density at radius 1 is 1.00 bits per heavy atom. The van der Waals surface area contributed by atoms with Gasteiger partial charge in [0.1, 0.15) is 0 Å². The average Bonchev–Trinajstić information content (AvgIpc) is 2.64. The third-order valence-electron chi connectivity index (χ3n) is 4.55. The number of rotatable bonds is 4. The molecule has 0 radical (unpaired) electrons. The fraction of sp³-hybridized carbons (Fsp3) is 0.300. The summed E-state index contributed by atoms with van der Waals surface area (Å²) in [6.45, 7) is 4.82. The molecule has 1 heterocycles. The van der Waals surface area contributed by atoms with E-state index in [0.717, 1.165) is 11.1 Å². The summed E-state index contributed by atoms with van der Waals surface area (Å²) in [5.74, 6) is -0.0416. The van der Waals surface area contributed by atoms with Gasteiger partial charge in [0, 0.05) is 31.7 Å². The summed E-state index contributed by atoms with van der Waals surface area (Å²) in [7, 11) is 0. The number of piperazine rings is 1. The lowest BCUT2D eigenvalue weighted by Crippen LogP contribution is -2.50. The fourth-order valence-corrected chi connectivity index (χ4v) is 3.23. The monoisotopic (exact) mass is 371 g/mol. The molecular weight excluding hydrogens is 350 g/mol. The number of carbonyl (C=O) groups excluding carboxylic acids is 2. The Kier molecular flexibility index (Phi) is 5.91. The van der Waals surface area contributed by atoms with Gasteiger partial charge < -0.3 is 10.2 Å². The molecule has 1 aliphatic rings. The van der Waals surface area contributed by atoms with Gasteiger partial charge >= 0.3 is 0 Å². The second kappa shape index (κ2) is 8.34. The molecule has 1 aliphatic heterocycles. The van der Waals surface area contributed by atoms with E-state index < -0.39 is 0 Å². The Balaban J connectivity index is 1.51. The van der Waals surface area contributed by atoms with Gasteiger partial charge in [-0.1, -0.05) is 41.9 Å². The summed E-state index contributed by atoms with van der Waals surface area (Å²) < 4.78 is 0. The number of para-hydroxylation sites is 1. The zero-order valence-electron chi connectivity index (χ0n) is 14.7. The van der Waals surface area contributed by atoms with E-state index in [1.165, 1.54) is 0 Å². The van der Waals surface area contributed by atoms with Gasteiger partial charge in [-0.2, -0.15) is 0 Å². The van der Waals surface area contributed by atoms with Gasteiger partial charge in [0.15, 0.2) is 0 Å². The maximum absolute atomic E-state index is 12.6. The van der Waals surface area contributed by atoms with E-state index >= 15 is 0 Å². The van der Waals surface area contributed by atoms with Crippen molar-refractivity contribution in [2.24, 2.45) is 0 Å². The predicted octanol–water partition coefficient (Wildman–Crippen LogP) is 3.04. The maximum Gasteiger partial charge on any atom is 0.254 e. The molecule has 1 N–H and O–H groups in total. The number of anilines is 1. The molecule has 136 valence electrons. The average molecular weight is 372 g/mol. The van der Waals surface area contributed by atoms with Crippen molar-refractivity contribution in [3.05, 3.63) is 64.7 Å². The normalized spacial score (nSPS) is 14.9. The summed E-state index contributed by atoms with van der Waals surface area (Å²) >= 11 is 6.06. The highest BCUT2D eigenvalue weighted by Gasteiger charge is 2.24. The number of nitrogens with zero attached hydrogens (tertiary/aromatic N) is 2. The molecule has 2 amide bonds. The van der Waals surface area contributed by atoms with E-state index in [1.807, 2.05) is 53.1 Å². The fourth-order valence-electron chi connectivity index (χ4n) is 3.05. The molecule has 0 bridgehead atoms. The molecular formula is C20H22ClN3O2. The standard InChI is InChI=1S/C20H22ClN3O2/c1-15-6-2-3-7-16(15)20(26)24-12-10-23(11-13-24)14-19(25)22-18-9-5-4-8-17(18)21/h2-9H,10-14H2,1H3,(H,22,25). The first-order valence-corrected chi connectivity index (χ1v) is 9.04. The van der Waals surface area contributed by atoms with Crippen LogP contribution in [0.5, 0.6) is 0 Å². The van der Waals surface area contributed by atoms with Gasteiger partial charge in [0.25, 0.3) is 5.91 Å². The highest BCUT2D eigenvalue weighted by atomic mass is 35.5. The van der Waals surface area contributed by atoms with Gasteiger partial charge in [-0.25, -0.2) is 0 Å². The molecule has 1 saturated heterocycles. The minimum atomic E-state index is -0.100. The molecule has 0 unspecified atom stereocenters. The summed E-state index contributed by atoms with van der Waals surface area (Å²) in [6.07, 6.45) is 0. The molecule has 26 heavy (non-hydrogen) atoms. The summed E-state index contributed by atoms with van der Waals surface area (Å²) in [5, 5.41) is 3.35. The summed E-state index contributed by atoms with van der Waals surface area (Å²) in [6, 6.07) is 14.8. The van der Waals surface area contributed by atoms with Crippen LogP contribution >= 0.6 is 11.6 Å². The Morgan fingerprint density at radius 2 is 1.65 bits per heavy atom. The molecule has 0 aliphatic carbocycles. The van der Waals surface area contributed by atoms with Crippen LogP contribution in [-0.2, 0) is 4.79 Å². The molecule has 3 rings (SSSR count). The van der Waals surface area contributed by atoms with Crippen molar-refractivity contribution < 1.29 is 9.59 Å². The number of hydrogen-bond donors (Lipinski definition) is 1. The second-order valence-corrected chi connectivity index (χ2v) is 6.82. The molecule has 5 nitrogen and oxygen atoms in total. The third-order valence-corrected chi connectivity index (χ3v) is 4.88. The van der Waals surface area contributed by atoms with Crippen LogP contribution in [0.2, 0.25) is 5.02 Å². The smallest absolute Gasteiger partial charge is 0.254 e. The van der Waals surface area contributed by atoms with Crippen LogP contribution in [0.4, 0.5) is 5.69 Å². The summed E-state index contributed by atoms with van der Waals surface area (Å²) in [5.41, 5.74) is 2.35. The quantitative estimate of drug-likeness (QED) is 0.898. The van der Waals surface area contributed by atoms with Crippen LogP contribution in [-0.4, -0.2) is 54.3 Å². The number of carbonyl (C=O) groups is 2. The van der Waals surface area contributed by atoms with Crippen molar-refractivity contribution in [3.8, 4) is 0 Å². The van der Waals surface area contributed by atoms with Crippen LogP contribution < -0.4 is 5.32 Å². The van der Waals surface area contributed by atoms with Gasteiger partial charge in [0.2, 0.25) is 5.91 Å². The van der Waals surface area contributed by atoms with Gasteiger partial charge in [0.05, 0.1) is 17.3 Å². The van der Waals surface area contributed by atoms with Crippen molar-refractivity contribution in [1.29, 1.82) is 0 Å². The number of benzene rings is 2. The Bertz CT molecular complexity index is 801. The maximum atomic E-state index is 12.6. The predicted molar refractivity (Wildman–Crippen MR) is 104 cm³/mol. The molecule has 2 aromatic rings. The summed E-state index contributed by atoms with van der Waals surface area (Å²) in [4.78, 5) is 28.8. The van der Waals surface area contributed by atoms with Gasteiger partial charge in [-0.05, 0) is 30.7 Å². The minimum absolute atomic E-state index is 0.0586. The van der Waals surface area contributed by atoms with Crippen molar-refractivity contribution in [3.63, 3.8) is 0 Å². The molecule has 6 heteroatoms. The van der Waals surface area contributed by atoms with E-state index in [4.69, 9.17) is 11.6 Å². The van der Waals surface area contributed by atoms with Crippen molar-refractivity contribution in [2.45, 2.75) is 6.92 Å². The van der Waals surface area contributed by atoms with E-state index in [9.17, 15) is 9.59 Å². The van der Waals surface area contributed by atoms with E-state index in [0.29, 0.717) is 36.9 Å². The lowest BCUT2D eigenvalue weighted by Gasteiger charge is -2.34. The number of amides is 2. The van der Waals surface area contributed by atoms with Gasteiger partial charge in [-0.3, -0.25) is 14.5 Å². The minimum Gasteiger partial charge on any atom is -0.336 e. The lowest BCUT2D eigenvalue weighted by atomic mass is 10.1. The van der Waals surface area contributed by atoms with Gasteiger partial charge in [-0.15, -0.1) is 0 Å². The molecule has 0 spiro atoms. The zero-order valence-corrected chi connectivity index (χ0v) is 15.5. The van der Waals surface area contributed by atoms with Crippen LogP contribution in [0.25, 0.3) is 0 Å². The highest BCUT2D eigenvalue weighted by molar-refractivity contribution is 6.33. The third kappa shape index (κ3) is 4.42. The first-order valence-electron chi connectivity index (χ1n) is 8.66. The van der Waals surface area contributed by atoms with Crippen LogP contribution in [0.1, 0.15) is 15.9 Å². The first-order chi connectivity index (χ1) is 12.5. The lowest BCUT2D eigenvalue weighted by molar-refractivity contribution is -0.117. The topological polar surface area (TPSA) is 52.7 Å². The van der Waals surface area contributed by atoms with E-state index in [1.54, 1.807) is 12.1 Å². The van der Waals surface area contributed by atoms with E-state index in [-0.39, 0.29) is 18.4 Å². The second-order valence-electron chi connectivity index (χ2n) is 6.41. The molecule has 1 fully saturated rings. The van der Waals surface area contributed by atoms with E-state index in [2.05, 4.69) is 5.32 Å². The number of nitrogens with one attached hydrogen (secondary N) is 1. The Hall–Kier alpha value is -2.37. The largest absolute Gasteiger partial charge is 0.336 e. The SMILES string of the molecule is Cc1ccccc1C(=O)N1CCN(CC(=O)Nc2ccccc2Cl)CC1. The molecule has 2 aromatic carbocycles. The van der Waals surface area contributed by atoms with Crippen LogP contribution in [0.3, 0.4) is 0 Å².